The number of benzene rings is 2. The van der Waals surface area contributed by atoms with Gasteiger partial charge in [-0.25, -0.2) is 17.9 Å². The van der Waals surface area contributed by atoms with Crippen LogP contribution in [0, 0.1) is 13.8 Å². The minimum Gasteiger partial charge on any atom is -0.476 e. The smallest absolute Gasteiger partial charge is 0.356 e. The predicted octanol–water partition coefficient (Wildman–Crippen LogP) is 5.37. The Hall–Kier alpha value is -4.00. The number of carbonyl (C=O) groups is 2. The highest BCUT2D eigenvalue weighted by Gasteiger charge is 2.27. The number of carboxylic acids is 1. The zero-order valence-electron chi connectivity index (χ0n) is 21.8. The number of thiophene rings is 1. The molecule has 0 aliphatic heterocycles. The van der Waals surface area contributed by atoms with Gasteiger partial charge in [-0.1, -0.05) is 30.7 Å². The number of carboxylic acid groups (broad SMARTS) is 1. The summed E-state index contributed by atoms with van der Waals surface area (Å²) in [5.74, 6) is -1.64. The van der Waals surface area contributed by atoms with Crippen LogP contribution in [-0.2, 0) is 10.0 Å². The average molecular weight is 569 g/mol. The molecule has 0 saturated carbocycles. The first-order valence-corrected chi connectivity index (χ1v) is 14.5. The van der Waals surface area contributed by atoms with E-state index in [2.05, 4.69) is 15.1 Å². The van der Waals surface area contributed by atoms with Crippen molar-refractivity contribution in [3.05, 3.63) is 81.7 Å². The molecule has 1 amide bonds. The van der Waals surface area contributed by atoms with E-state index in [0.717, 1.165) is 5.56 Å². The summed E-state index contributed by atoms with van der Waals surface area (Å²) >= 11 is 1.26. The largest absolute Gasteiger partial charge is 0.476 e. The highest BCUT2D eigenvalue weighted by Crippen LogP contribution is 2.35. The quantitative estimate of drug-likeness (QED) is 0.234. The van der Waals surface area contributed by atoms with Gasteiger partial charge in [0.15, 0.2) is 5.69 Å². The maximum absolute atomic E-state index is 13.5. The van der Waals surface area contributed by atoms with Crippen molar-refractivity contribution in [3.63, 3.8) is 0 Å². The van der Waals surface area contributed by atoms with Gasteiger partial charge in [0, 0.05) is 17.3 Å². The third-order valence-electron chi connectivity index (χ3n) is 5.96. The number of anilines is 1. The normalized spacial score (nSPS) is 12.2. The van der Waals surface area contributed by atoms with Gasteiger partial charge in [0.1, 0.15) is 10.6 Å². The van der Waals surface area contributed by atoms with E-state index in [9.17, 15) is 23.1 Å². The van der Waals surface area contributed by atoms with Gasteiger partial charge >= 0.3 is 5.97 Å². The number of amides is 1. The van der Waals surface area contributed by atoms with Gasteiger partial charge in [-0.2, -0.15) is 9.78 Å². The Morgan fingerprint density at radius 1 is 1.13 bits per heavy atom. The van der Waals surface area contributed by atoms with Crippen LogP contribution in [0.1, 0.15) is 51.6 Å². The second-order valence-corrected chi connectivity index (χ2v) is 11.6. The lowest BCUT2D eigenvalue weighted by Crippen LogP contribution is -2.32. The van der Waals surface area contributed by atoms with E-state index in [1.54, 1.807) is 36.6 Å². The first kappa shape index (κ1) is 28.0. The van der Waals surface area contributed by atoms with Gasteiger partial charge in [-0.15, -0.1) is 11.3 Å². The molecular weight excluding hydrogens is 540 g/mol. The number of aromatic carboxylic acids is 1. The summed E-state index contributed by atoms with van der Waals surface area (Å²) in [7, 11) is -4.11. The maximum Gasteiger partial charge on any atom is 0.356 e. The molecule has 1 unspecified atom stereocenters. The second kappa shape index (κ2) is 11.4. The molecule has 3 N–H and O–H groups in total. The average Bonchev–Trinajstić information content (AvgIpc) is 3.54. The summed E-state index contributed by atoms with van der Waals surface area (Å²) in [5.41, 5.74) is 1.77. The van der Waals surface area contributed by atoms with Crippen LogP contribution in [0.25, 0.3) is 5.69 Å². The molecule has 0 radical (unpaired) electrons. The van der Waals surface area contributed by atoms with Gasteiger partial charge in [-0.05, 0) is 69.0 Å². The molecule has 1 atom stereocenters. The van der Waals surface area contributed by atoms with Crippen molar-refractivity contribution in [3.8, 4) is 17.3 Å². The molecule has 39 heavy (non-hydrogen) atoms. The molecule has 4 aromatic rings. The molecular formula is C27H28N4O6S2. The first-order valence-electron chi connectivity index (χ1n) is 12.1. The fraction of sp³-hybridized carbons (Fsp3) is 0.222. The SMILES string of the molecule is CCC(C)NS(=O)(=O)c1cc(NC(=O)c2cccs2)ccc1Oc1c(C)c(C(=O)O)nn1-c1ccc(C)cc1. The standard InChI is InChI=1S/C27H28N4O6S2/c1-5-17(3)30-39(35,36)23-15-19(28-25(32)22-7-6-14-38-22)10-13-21(23)37-26-18(4)24(27(33)34)29-31(26)20-11-8-16(2)9-12-20/h6-15,17,30H,5H2,1-4H3,(H,28,32)(H,33,34). The molecule has 0 spiro atoms. The highest BCUT2D eigenvalue weighted by molar-refractivity contribution is 7.89. The van der Waals surface area contributed by atoms with E-state index in [0.29, 0.717) is 17.0 Å². The molecule has 2 heterocycles. The Kier molecular flexibility index (Phi) is 8.19. The van der Waals surface area contributed by atoms with Crippen LogP contribution < -0.4 is 14.8 Å². The summed E-state index contributed by atoms with van der Waals surface area (Å²) in [4.78, 5) is 24.7. The zero-order valence-corrected chi connectivity index (χ0v) is 23.4. The molecule has 0 fully saturated rings. The van der Waals surface area contributed by atoms with Crippen molar-refractivity contribution >= 4 is 38.9 Å². The highest BCUT2D eigenvalue weighted by atomic mass is 32.2. The monoisotopic (exact) mass is 568 g/mol. The van der Waals surface area contributed by atoms with Crippen LogP contribution in [0.15, 0.2) is 64.9 Å². The van der Waals surface area contributed by atoms with Crippen molar-refractivity contribution < 1.29 is 27.9 Å². The summed E-state index contributed by atoms with van der Waals surface area (Å²) < 4.78 is 37.0. The number of carbonyl (C=O) groups excluding carboxylic acids is 1. The lowest BCUT2D eigenvalue weighted by molar-refractivity contribution is 0.0689. The van der Waals surface area contributed by atoms with Crippen LogP contribution >= 0.6 is 11.3 Å². The van der Waals surface area contributed by atoms with Crippen LogP contribution in [0.5, 0.6) is 11.6 Å². The van der Waals surface area contributed by atoms with Crippen LogP contribution in [0.4, 0.5) is 5.69 Å². The molecule has 2 aromatic carbocycles. The molecule has 10 nitrogen and oxygen atoms in total. The molecule has 0 saturated heterocycles. The van der Waals surface area contributed by atoms with E-state index < -0.39 is 16.0 Å². The van der Waals surface area contributed by atoms with Crippen molar-refractivity contribution in [2.24, 2.45) is 0 Å². The van der Waals surface area contributed by atoms with Crippen molar-refractivity contribution in [2.45, 2.75) is 45.1 Å². The number of rotatable bonds is 10. The Balaban J connectivity index is 1.82. The van der Waals surface area contributed by atoms with E-state index in [4.69, 9.17) is 4.74 Å². The van der Waals surface area contributed by atoms with Crippen LogP contribution in [0.3, 0.4) is 0 Å². The topological polar surface area (TPSA) is 140 Å². The summed E-state index contributed by atoms with van der Waals surface area (Å²) in [6.07, 6.45) is 0.547. The van der Waals surface area contributed by atoms with Crippen LogP contribution in [0.2, 0.25) is 0 Å². The number of ether oxygens (including phenoxy) is 1. The number of aromatic nitrogens is 2. The van der Waals surface area contributed by atoms with E-state index >= 15 is 0 Å². The predicted molar refractivity (Wildman–Crippen MR) is 149 cm³/mol. The molecule has 204 valence electrons. The summed E-state index contributed by atoms with van der Waals surface area (Å²) in [6, 6.07) is 14.5. The summed E-state index contributed by atoms with van der Waals surface area (Å²) in [6.45, 7) is 7.03. The van der Waals surface area contributed by atoms with E-state index in [1.165, 1.54) is 41.1 Å². The Morgan fingerprint density at radius 2 is 1.85 bits per heavy atom. The lowest BCUT2D eigenvalue weighted by Gasteiger charge is -2.17. The molecule has 12 heteroatoms. The van der Waals surface area contributed by atoms with Crippen molar-refractivity contribution in [2.75, 3.05) is 5.32 Å². The Bertz CT molecular complexity index is 1610. The number of sulfonamides is 1. The van der Waals surface area contributed by atoms with Crippen molar-refractivity contribution in [1.29, 1.82) is 0 Å². The number of hydrogen-bond acceptors (Lipinski definition) is 7. The molecule has 0 bridgehead atoms. The van der Waals surface area contributed by atoms with Gasteiger partial charge < -0.3 is 15.2 Å². The van der Waals surface area contributed by atoms with Gasteiger partial charge in [-0.3, -0.25) is 4.79 Å². The van der Waals surface area contributed by atoms with Gasteiger partial charge in [0.2, 0.25) is 15.9 Å². The van der Waals surface area contributed by atoms with Crippen molar-refractivity contribution in [1.82, 2.24) is 14.5 Å². The third-order valence-corrected chi connectivity index (χ3v) is 8.44. The molecule has 4 rings (SSSR count). The number of hydrogen-bond donors (Lipinski definition) is 3. The number of nitrogens with one attached hydrogen (secondary N) is 2. The van der Waals surface area contributed by atoms with Crippen LogP contribution in [-0.4, -0.2) is 41.2 Å². The Morgan fingerprint density at radius 3 is 2.46 bits per heavy atom. The fourth-order valence-electron chi connectivity index (χ4n) is 3.66. The van der Waals surface area contributed by atoms with E-state index in [1.807, 2.05) is 26.0 Å². The van der Waals surface area contributed by atoms with Gasteiger partial charge in [0.05, 0.1) is 10.6 Å². The Labute approximate surface area is 230 Å². The zero-order chi connectivity index (χ0) is 28.3. The minimum absolute atomic E-state index is 0.0478. The molecule has 0 aliphatic rings. The maximum atomic E-state index is 13.5. The van der Waals surface area contributed by atoms with Gasteiger partial charge in [0.25, 0.3) is 5.91 Å². The summed E-state index contributed by atoms with van der Waals surface area (Å²) in [5, 5.41) is 18.4. The second-order valence-electron chi connectivity index (χ2n) is 8.96. The third kappa shape index (κ3) is 6.19. The first-order chi connectivity index (χ1) is 18.5. The molecule has 2 aromatic heterocycles. The minimum atomic E-state index is -4.11. The van der Waals surface area contributed by atoms with E-state index in [-0.39, 0.29) is 45.4 Å². The molecule has 0 aliphatic carbocycles. The lowest BCUT2D eigenvalue weighted by atomic mass is 10.2. The number of aryl methyl sites for hydroxylation is 1. The number of nitrogens with zero attached hydrogens (tertiary/aromatic N) is 2. The fourth-order valence-corrected chi connectivity index (χ4v) is 5.76.